The van der Waals surface area contributed by atoms with Gasteiger partial charge in [-0.1, -0.05) is 12.1 Å². The molecule has 0 saturated carbocycles. The van der Waals surface area contributed by atoms with Gasteiger partial charge in [-0.3, -0.25) is 4.90 Å². The zero-order valence-electron chi connectivity index (χ0n) is 11.3. The van der Waals surface area contributed by atoms with Gasteiger partial charge in [0.1, 0.15) is 5.82 Å². The van der Waals surface area contributed by atoms with E-state index in [1.807, 2.05) is 23.6 Å². The molecule has 0 aromatic carbocycles. The van der Waals surface area contributed by atoms with Gasteiger partial charge in [-0.05, 0) is 43.5 Å². The molecule has 0 bridgehead atoms. The van der Waals surface area contributed by atoms with Crippen LogP contribution < -0.4 is 11.3 Å². The van der Waals surface area contributed by atoms with E-state index >= 15 is 0 Å². The maximum atomic E-state index is 5.30. The quantitative estimate of drug-likeness (QED) is 0.629. The Morgan fingerprint density at radius 3 is 2.84 bits per heavy atom. The Morgan fingerprint density at radius 2 is 2.26 bits per heavy atom. The first-order valence-corrected chi connectivity index (χ1v) is 7.21. The van der Waals surface area contributed by atoms with Crippen molar-refractivity contribution >= 4 is 17.2 Å². The molecule has 0 amide bonds. The van der Waals surface area contributed by atoms with Crippen LogP contribution in [0.25, 0.3) is 0 Å². The van der Waals surface area contributed by atoms with Gasteiger partial charge in [0.15, 0.2) is 0 Å². The minimum atomic E-state index is 0.506. The van der Waals surface area contributed by atoms with Gasteiger partial charge < -0.3 is 5.43 Å². The summed E-state index contributed by atoms with van der Waals surface area (Å²) in [7, 11) is 2.15. The van der Waals surface area contributed by atoms with Crippen molar-refractivity contribution in [1.82, 2.24) is 9.88 Å². The van der Waals surface area contributed by atoms with Crippen LogP contribution in [0.15, 0.2) is 35.8 Å². The second kappa shape index (κ2) is 6.65. The lowest BCUT2D eigenvalue weighted by molar-refractivity contribution is 0.249. The van der Waals surface area contributed by atoms with Crippen molar-refractivity contribution in [3.63, 3.8) is 0 Å². The summed E-state index contributed by atoms with van der Waals surface area (Å²) >= 11 is 1.82. The maximum absolute atomic E-state index is 5.30. The van der Waals surface area contributed by atoms with Crippen LogP contribution in [0.3, 0.4) is 0 Å². The summed E-state index contributed by atoms with van der Waals surface area (Å²) in [5.41, 5.74) is 3.73. The second-order valence-corrected chi connectivity index (χ2v) is 5.78. The molecule has 0 fully saturated rings. The number of anilines is 1. The first kappa shape index (κ1) is 14.0. The third kappa shape index (κ3) is 4.02. The van der Waals surface area contributed by atoms with Gasteiger partial charge in [-0.25, -0.2) is 10.8 Å². The molecule has 0 aliphatic rings. The molecule has 2 heterocycles. The molecule has 0 aliphatic carbocycles. The molecule has 0 spiro atoms. The van der Waals surface area contributed by atoms with Crippen LogP contribution in [0.4, 0.5) is 5.82 Å². The second-order valence-electron chi connectivity index (χ2n) is 4.74. The molecule has 5 heteroatoms. The summed E-state index contributed by atoms with van der Waals surface area (Å²) in [4.78, 5) is 7.99. The fraction of sp³-hybridized carbons (Fsp3) is 0.357. The molecule has 2 aromatic rings. The molecule has 2 aromatic heterocycles. The highest BCUT2D eigenvalue weighted by Gasteiger charge is 2.11. The van der Waals surface area contributed by atoms with E-state index in [2.05, 4.69) is 52.9 Å². The maximum Gasteiger partial charge on any atom is 0.139 e. The Labute approximate surface area is 118 Å². The SMILES string of the molecule is CC(Cc1cccs1)N(C)Cc1ccc(NN)nc1. The number of hydrogen-bond donors (Lipinski definition) is 2. The van der Waals surface area contributed by atoms with Crippen molar-refractivity contribution in [1.29, 1.82) is 0 Å². The molecule has 19 heavy (non-hydrogen) atoms. The average molecular weight is 276 g/mol. The number of likely N-dealkylation sites (N-methyl/N-ethyl adjacent to an activating group) is 1. The van der Waals surface area contributed by atoms with Gasteiger partial charge in [-0.15, -0.1) is 11.3 Å². The number of hydrogen-bond acceptors (Lipinski definition) is 5. The highest BCUT2D eigenvalue weighted by molar-refractivity contribution is 7.09. The molecule has 4 nitrogen and oxygen atoms in total. The Hall–Kier alpha value is -1.43. The molecule has 1 unspecified atom stereocenters. The summed E-state index contributed by atoms with van der Waals surface area (Å²) in [6, 6.07) is 8.75. The van der Waals surface area contributed by atoms with Gasteiger partial charge in [0.05, 0.1) is 0 Å². The topological polar surface area (TPSA) is 54.2 Å². The summed E-state index contributed by atoms with van der Waals surface area (Å²) in [5.74, 6) is 6.00. The zero-order valence-corrected chi connectivity index (χ0v) is 12.2. The molecule has 102 valence electrons. The molecule has 0 saturated heterocycles. The van der Waals surface area contributed by atoms with Crippen LogP contribution in [-0.2, 0) is 13.0 Å². The zero-order chi connectivity index (χ0) is 13.7. The van der Waals surface area contributed by atoms with Gasteiger partial charge in [-0.2, -0.15) is 0 Å². The number of pyridine rings is 1. The fourth-order valence-corrected chi connectivity index (χ4v) is 2.75. The number of rotatable bonds is 6. The smallest absolute Gasteiger partial charge is 0.139 e. The summed E-state index contributed by atoms with van der Waals surface area (Å²) in [6.07, 6.45) is 2.95. The van der Waals surface area contributed by atoms with Crippen molar-refractivity contribution in [2.75, 3.05) is 12.5 Å². The lowest BCUT2D eigenvalue weighted by Crippen LogP contribution is -2.30. The monoisotopic (exact) mass is 276 g/mol. The predicted octanol–water partition coefficient (Wildman–Crippen LogP) is 2.49. The molecule has 2 rings (SSSR count). The average Bonchev–Trinajstić information content (AvgIpc) is 2.92. The van der Waals surface area contributed by atoms with E-state index in [0.29, 0.717) is 11.9 Å². The van der Waals surface area contributed by atoms with Crippen molar-refractivity contribution < 1.29 is 0 Å². The van der Waals surface area contributed by atoms with Crippen molar-refractivity contribution in [2.45, 2.75) is 25.9 Å². The van der Waals surface area contributed by atoms with E-state index < -0.39 is 0 Å². The van der Waals surface area contributed by atoms with Crippen LogP contribution in [0.2, 0.25) is 0 Å². The number of nitrogens with zero attached hydrogens (tertiary/aromatic N) is 2. The van der Waals surface area contributed by atoms with Crippen molar-refractivity contribution in [2.24, 2.45) is 5.84 Å². The standard InChI is InChI=1S/C14H20N4S/c1-11(8-13-4-3-7-19-13)18(2)10-12-5-6-14(17-15)16-9-12/h3-7,9,11H,8,10,15H2,1-2H3,(H,16,17). The number of aromatic nitrogens is 1. The third-order valence-corrected chi connectivity index (χ3v) is 4.13. The number of nitrogens with two attached hydrogens (primary N) is 1. The minimum absolute atomic E-state index is 0.506. The van der Waals surface area contributed by atoms with E-state index in [0.717, 1.165) is 13.0 Å². The molecule has 0 radical (unpaired) electrons. The Bertz CT molecular complexity index is 481. The van der Waals surface area contributed by atoms with Gasteiger partial charge >= 0.3 is 0 Å². The van der Waals surface area contributed by atoms with Crippen LogP contribution in [-0.4, -0.2) is 23.0 Å². The summed E-state index contributed by atoms with van der Waals surface area (Å²) in [5, 5.41) is 2.13. The van der Waals surface area contributed by atoms with Crippen molar-refractivity contribution in [3.05, 3.63) is 46.3 Å². The predicted molar refractivity (Wildman–Crippen MR) is 81.0 cm³/mol. The number of hydrazine groups is 1. The summed E-state index contributed by atoms with van der Waals surface area (Å²) < 4.78 is 0. The lowest BCUT2D eigenvalue weighted by atomic mass is 10.1. The van der Waals surface area contributed by atoms with Crippen molar-refractivity contribution in [3.8, 4) is 0 Å². The van der Waals surface area contributed by atoms with Crippen LogP contribution in [0.1, 0.15) is 17.4 Å². The molecule has 0 aliphatic heterocycles. The number of thiophene rings is 1. The van der Waals surface area contributed by atoms with E-state index in [4.69, 9.17) is 5.84 Å². The minimum Gasteiger partial charge on any atom is -0.308 e. The Balaban J connectivity index is 1.90. The van der Waals surface area contributed by atoms with Crippen LogP contribution in [0.5, 0.6) is 0 Å². The van der Waals surface area contributed by atoms with Gasteiger partial charge in [0.25, 0.3) is 0 Å². The molecule has 1 atom stereocenters. The van der Waals surface area contributed by atoms with Gasteiger partial charge in [0, 0.05) is 23.7 Å². The first-order valence-electron chi connectivity index (χ1n) is 6.33. The summed E-state index contributed by atoms with van der Waals surface area (Å²) in [6.45, 7) is 3.15. The fourth-order valence-electron chi connectivity index (χ4n) is 1.92. The third-order valence-electron chi connectivity index (χ3n) is 3.23. The largest absolute Gasteiger partial charge is 0.308 e. The molecular weight excluding hydrogens is 256 g/mol. The number of nitrogens with one attached hydrogen (secondary N) is 1. The Kier molecular flexibility index (Phi) is 4.90. The first-order chi connectivity index (χ1) is 9.19. The highest BCUT2D eigenvalue weighted by atomic mass is 32.1. The Morgan fingerprint density at radius 1 is 1.42 bits per heavy atom. The molecular formula is C14H20N4S. The number of nitrogen functional groups attached to an aromatic ring is 1. The van der Waals surface area contributed by atoms with E-state index in [1.54, 1.807) is 0 Å². The van der Waals surface area contributed by atoms with Crippen LogP contribution >= 0.6 is 11.3 Å². The van der Waals surface area contributed by atoms with Gasteiger partial charge in [0.2, 0.25) is 0 Å². The van der Waals surface area contributed by atoms with E-state index in [1.165, 1.54) is 10.4 Å². The highest BCUT2D eigenvalue weighted by Crippen LogP contribution is 2.15. The van der Waals surface area contributed by atoms with E-state index in [-0.39, 0.29) is 0 Å². The lowest BCUT2D eigenvalue weighted by Gasteiger charge is -2.24. The van der Waals surface area contributed by atoms with Crippen LogP contribution in [0, 0.1) is 0 Å². The normalized spacial score (nSPS) is 12.6. The molecule has 3 N–H and O–H groups in total. The van der Waals surface area contributed by atoms with E-state index in [9.17, 15) is 0 Å².